The zero-order chi connectivity index (χ0) is 15.1. The highest BCUT2D eigenvalue weighted by Crippen LogP contribution is 2.27. The van der Waals surface area contributed by atoms with Gasteiger partial charge in [-0.15, -0.1) is 0 Å². The Kier molecular flexibility index (Phi) is 5.13. The standard InChI is InChI=1S/C17H20N2O2/c18-12-15-6-4-14(5-7-15)8-9-16(20)19-13-17(21)10-2-1-3-11-17/h4-9,21H,1-3,10-11,13H2,(H,19,20). The second kappa shape index (κ2) is 7.05. The average molecular weight is 284 g/mol. The van der Waals surface area contributed by atoms with Crippen LogP contribution in [0.25, 0.3) is 6.08 Å². The fraction of sp³-hybridized carbons (Fsp3) is 0.412. The van der Waals surface area contributed by atoms with Gasteiger partial charge in [0, 0.05) is 12.6 Å². The minimum absolute atomic E-state index is 0.210. The lowest BCUT2D eigenvalue weighted by Gasteiger charge is -2.31. The molecule has 0 radical (unpaired) electrons. The van der Waals surface area contributed by atoms with Crippen molar-refractivity contribution in [1.82, 2.24) is 5.32 Å². The number of nitriles is 1. The van der Waals surface area contributed by atoms with E-state index in [-0.39, 0.29) is 5.91 Å². The molecule has 21 heavy (non-hydrogen) atoms. The fourth-order valence-electron chi connectivity index (χ4n) is 2.54. The SMILES string of the molecule is N#Cc1ccc(C=CC(=O)NCC2(O)CCCCC2)cc1. The van der Waals surface area contributed by atoms with Crippen LogP contribution in [0.1, 0.15) is 43.2 Å². The maximum Gasteiger partial charge on any atom is 0.244 e. The number of nitrogens with one attached hydrogen (secondary N) is 1. The van der Waals surface area contributed by atoms with E-state index in [0.717, 1.165) is 37.7 Å². The Balaban J connectivity index is 1.83. The zero-order valence-corrected chi connectivity index (χ0v) is 12.0. The Labute approximate surface area is 125 Å². The summed E-state index contributed by atoms with van der Waals surface area (Å²) in [5.41, 5.74) is 0.715. The van der Waals surface area contributed by atoms with Crippen molar-refractivity contribution in [3.63, 3.8) is 0 Å². The van der Waals surface area contributed by atoms with Gasteiger partial charge in [-0.1, -0.05) is 31.4 Å². The van der Waals surface area contributed by atoms with Crippen molar-refractivity contribution >= 4 is 12.0 Å². The molecule has 0 aliphatic heterocycles. The molecular weight excluding hydrogens is 264 g/mol. The summed E-state index contributed by atoms with van der Waals surface area (Å²) in [5, 5.41) is 21.8. The molecule has 110 valence electrons. The summed E-state index contributed by atoms with van der Waals surface area (Å²) in [6.45, 7) is 0.309. The maximum atomic E-state index is 11.8. The van der Waals surface area contributed by atoms with E-state index in [9.17, 15) is 9.90 Å². The molecule has 1 fully saturated rings. The normalized spacial score (nSPS) is 17.3. The highest BCUT2D eigenvalue weighted by Gasteiger charge is 2.29. The van der Waals surface area contributed by atoms with Gasteiger partial charge in [-0.05, 0) is 36.6 Å². The van der Waals surface area contributed by atoms with Crippen LogP contribution in [0.15, 0.2) is 30.3 Å². The molecule has 2 rings (SSSR count). The molecule has 0 atom stereocenters. The van der Waals surface area contributed by atoms with Gasteiger partial charge >= 0.3 is 0 Å². The maximum absolute atomic E-state index is 11.8. The molecule has 1 saturated carbocycles. The van der Waals surface area contributed by atoms with E-state index in [0.29, 0.717) is 12.1 Å². The minimum Gasteiger partial charge on any atom is -0.388 e. The van der Waals surface area contributed by atoms with Crippen LogP contribution in [0.2, 0.25) is 0 Å². The summed E-state index contributed by atoms with van der Waals surface area (Å²) < 4.78 is 0. The molecule has 1 aliphatic carbocycles. The van der Waals surface area contributed by atoms with Crippen LogP contribution in [-0.2, 0) is 4.79 Å². The van der Waals surface area contributed by atoms with Crippen LogP contribution < -0.4 is 5.32 Å². The summed E-state index contributed by atoms with van der Waals surface area (Å²) in [6, 6.07) is 9.05. The molecule has 1 amide bonds. The molecule has 0 unspecified atom stereocenters. The summed E-state index contributed by atoms with van der Waals surface area (Å²) in [5.74, 6) is -0.210. The van der Waals surface area contributed by atoms with Gasteiger partial charge in [0.05, 0.1) is 17.2 Å². The van der Waals surface area contributed by atoms with E-state index in [1.807, 2.05) is 6.07 Å². The van der Waals surface area contributed by atoms with E-state index >= 15 is 0 Å². The number of nitrogens with zero attached hydrogens (tertiary/aromatic N) is 1. The summed E-state index contributed by atoms with van der Waals surface area (Å²) >= 11 is 0. The Morgan fingerprint density at radius 3 is 2.57 bits per heavy atom. The van der Waals surface area contributed by atoms with Gasteiger partial charge < -0.3 is 10.4 Å². The van der Waals surface area contributed by atoms with Gasteiger partial charge in [-0.3, -0.25) is 4.79 Å². The van der Waals surface area contributed by atoms with Crippen molar-refractivity contribution in [3.05, 3.63) is 41.5 Å². The summed E-state index contributed by atoms with van der Waals surface area (Å²) in [4.78, 5) is 11.8. The second-order valence-corrected chi connectivity index (χ2v) is 5.57. The first-order valence-corrected chi connectivity index (χ1v) is 7.30. The number of aliphatic hydroxyl groups is 1. The van der Waals surface area contributed by atoms with E-state index in [1.54, 1.807) is 30.3 Å². The largest absolute Gasteiger partial charge is 0.388 e. The molecule has 1 aliphatic rings. The first-order valence-electron chi connectivity index (χ1n) is 7.30. The van der Waals surface area contributed by atoms with E-state index in [4.69, 9.17) is 5.26 Å². The molecule has 0 spiro atoms. The predicted octanol–water partition coefficient (Wildman–Crippen LogP) is 2.38. The van der Waals surface area contributed by atoms with Crippen molar-refractivity contribution < 1.29 is 9.90 Å². The van der Waals surface area contributed by atoms with Crippen LogP contribution in [0.5, 0.6) is 0 Å². The number of hydrogen-bond donors (Lipinski definition) is 2. The van der Waals surface area contributed by atoms with Crippen LogP contribution in [0.4, 0.5) is 0 Å². The molecule has 0 heterocycles. The van der Waals surface area contributed by atoms with Crippen molar-refractivity contribution in [2.24, 2.45) is 0 Å². The second-order valence-electron chi connectivity index (χ2n) is 5.57. The zero-order valence-electron chi connectivity index (χ0n) is 12.0. The summed E-state index contributed by atoms with van der Waals surface area (Å²) in [6.07, 6.45) is 7.87. The molecule has 4 heteroatoms. The number of carbonyl (C=O) groups excluding carboxylic acids is 1. The Bertz CT molecular complexity index is 549. The number of amides is 1. The first-order chi connectivity index (χ1) is 10.1. The van der Waals surface area contributed by atoms with Gasteiger partial charge in [0.1, 0.15) is 0 Å². The van der Waals surface area contributed by atoms with Gasteiger partial charge in [-0.2, -0.15) is 5.26 Å². The third-order valence-electron chi connectivity index (χ3n) is 3.84. The van der Waals surface area contributed by atoms with Crippen LogP contribution in [0.3, 0.4) is 0 Å². The number of benzene rings is 1. The molecule has 0 aromatic heterocycles. The third-order valence-corrected chi connectivity index (χ3v) is 3.84. The Morgan fingerprint density at radius 2 is 1.95 bits per heavy atom. The lowest BCUT2D eigenvalue weighted by Crippen LogP contribution is -2.43. The molecular formula is C17H20N2O2. The lowest BCUT2D eigenvalue weighted by molar-refractivity contribution is -0.118. The number of rotatable bonds is 4. The van der Waals surface area contributed by atoms with Crippen molar-refractivity contribution in [1.29, 1.82) is 5.26 Å². The minimum atomic E-state index is -0.740. The molecule has 1 aromatic carbocycles. The third kappa shape index (κ3) is 4.73. The lowest BCUT2D eigenvalue weighted by atomic mass is 9.85. The van der Waals surface area contributed by atoms with Crippen molar-refractivity contribution in [2.75, 3.05) is 6.54 Å². The number of hydrogen-bond acceptors (Lipinski definition) is 3. The highest BCUT2D eigenvalue weighted by molar-refractivity contribution is 5.91. The van der Waals surface area contributed by atoms with E-state index < -0.39 is 5.60 Å². The van der Waals surface area contributed by atoms with Gasteiger partial charge in [-0.25, -0.2) is 0 Å². The quantitative estimate of drug-likeness (QED) is 0.834. The van der Waals surface area contributed by atoms with Crippen LogP contribution >= 0.6 is 0 Å². The average Bonchev–Trinajstić information content (AvgIpc) is 2.52. The molecule has 2 N–H and O–H groups in total. The molecule has 4 nitrogen and oxygen atoms in total. The fourth-order valence-corrected chi connectivity index (χ4v) is 2.54. The molecule has 0 bridgehead atoms. The first kappa shape index (κ1) is 15.3. The van der Waals surface area contributed by atoms with Crippen molar-refractivity contribution in [2.45, 2.75) is 37.7 Å². The highest BCUT2D eigenvalue weighted by atomic mass is 16.3. The topological polar surface area (TPSA) is 73.1 Å². The van der Waals surface area contributed by atoms with Crippen molar-refractivity contribution in [3.8, 4) is 6.07 Å². The Hall–Kier alpha value is -2.12. The van der Waals surface area contributed by atoms with E-state index in [1.165, 1.54) is 6.08 Å². The smallest absolute Gasteiger partial charge is 0.244 e. The van der Waals surface area contributed by atoms with E-state index in [2.05, 4.69) is 5.32 Å². The van der Waals surface area contributed by atoms with Crippen LogP contribution in [0, 0.1) is 11.3 Å². The molecule has 1 aromatic rings. The van der Waals surface area contributed by atoms with Gasteiger partial charge in [0.2, 0.25) is 5.91 Å². The van der Waals surface area contributed by atoms with Gasteiger partial charge in [0.25, 0.3) is 0 Å². The molecule has 0 saturated heterocycles. The predicted molar refractivity (Wildman–Crippen MR) is 81.2 cm³/mol. The Morgan fingerprint density at radius 1 is 1.29 bits per heavy atom. The van der Waals surface area contributed by atoms with Crippen LogP contribution in [-0.4, -0.2) is 23.2 Å². The monoisotopic (exact) mass is 284 g/mol. The summed E-state index contributed by atoms with van der Waals surface area (Å²) in [7, 11) is 0. The van der Waals surface area contributed by atoms with Gasteiger partial charge in [0.15, 0.2) is 0 Å². The number of carbonyl (C=O) groups is 1.